The van der Waals surface area contributed by atoms with Crippen LogP contribution >= 0.6 is 0 Å². The molecule has 0 fully saturated rings. The number of rotatable bonds is 10. The van der Waals surface area contributed by atoms with Crippen LogP contribution < -0.4 is 0 Å². The first-order valence-electron chi connectivity index (χ1n) is 8.82. The number of carbonyl (C=O) groups is 1. The van der Waals surface area contributed by atoms with Gasteiger partial charge in [0.05, 0.1) is 0 Å². The van der Waals surface area contributed by atoms with Crippen LogP contribution in [0.25, 0.3) is 0 Å². The molecule has 37 heavy (non-hydrogen) atoms. The molecule has 0 aliphatic carbocycles. The van der Waals surface area contributed by atoms with Crippen LogP contribution in [0.3, 0.4) is 0 Å². The highest BCUT2D eigenvalue weighted by molar-refractivity contribution is 5.91. The smallest absolute Gasteiger partial charge is 0.460 e. The Labute approximate surface area is 192 Å². The highest BCUT2D eigenvalue weighted by Crippen LogP contribution is 2.64. The molecule has 20 heteroatoms. The van der Waals surface area contributed by atoms with Gasteiger partial charge in [0.15, 0.2) is 0 Å². The highest BCUT2D eigenvalue weighted by atomic mass is 19.4. The molecule has 1 aromatic rings. The molecule has 0 radical (unpaired) electrons. The lowest BCUT2D eigenvalue weighted by Crippen LogP contribution is -2.74. The molecule has 0 saturated heterocycles. The van der Waals surface area contributed by atoms with Crippen LogP contribution in [0, 0.1) is 0 Å². The zero-order valence-electron chi connectivity index (χ0n) is 16.9. The molecule has 0 aromatic heterocycles. The van der Waals surface area contributed by atoms with Crippen molar-refractivity contribution in [1.82, 2.24) is 0 Å². The summed E-state index contributed by atoms with van der Waals surface area (Å²) < 4.78 is 225. The van der Waals surface area contributed by atoms with E-state index in [1.165, 1.54) is 0 Å². The van der Waals surface area contributed by atoms with E-state index < -0.39 is 83.3 Å². The number of aromatic hydroxyl groups is 1. The maximum absolute atomic E-state index is 13.9. The maximum Gasteiger partial charge on any atom is 0.460 e. The standard InChI is InChI=1S/C17H9F17O3/c18-10(19,5-4-6-2-1-3-7(8(6)35)9(36)37)11(20,21)12(22,23)13(24,25)14(26,27)15(28,29)16(30,31)17(32,33)34/h1-3,35H,4-5H2,(H,36,37). The first-order valence-corrected chi connectivity index (χ1v) is 8.82. The summed E-state index contributed by atoms with van der Waals surface area (Å²) in [5.74, 6) is -60.4. The maximum atomic E-state index is 13.9. The monoisotopic (exact) mass is 584 g/mol. The van der Waals surface area contributed by atoms with E-state index >= 15 is 0 Å². The van der Waals surface area contributed by atoms with Crippen LogP contribution in [0.5, 0.6) is 5.75 Å². The van der Waals surface area contributed by atoms with Gasteiger partial charge in [-0.15, -0.1) is 0 Å². The quantitative estimate of drug-likeness (QED) is 0.291. The molecule has 1 aromatic carbocycles. The molecule has 0 aliphatic rings. The number of carboxylic acids is 1. The van der Waals surface area contributed by atoms with Crippen molar-refractivity contribution in [2.75, 3.05) is 0 Å². The number of carboxylic acid groups (broad SMARTS) is 1. The van der Waals surface area contributed by atoms with Crippen molar-refractivity contribution in [3.8, 4) is 5.75 Å². The first-order chi connectivity index (χ1) is 16.1. The number of benzene rings is 1. The summed E-state index contributed by atoms with van der Waals surface area (Å²) >= 11 is 0. The fourth-order valence-electron chi connectivity index (χ4n) is 2.61. The molecular weight excluding hydrogens is 575 g/mol. The summed E-state index contributed by atoms with van der Waals surface area (Å²) in [5.41, 5.74) is -2.11. The number of hydrogen-bond acceptors (Lipinski definition) is 2. The molecule has 1 rings (SSSR count). The number of aryl methyl sites for hydroxylation is 1. The van der Waals surface area contributed by atoms with Crippen LogP contribution in [0.2, 0.25) is 0 Å². The molecule has 0 heterocycles. The van der Waals surface area contributed by atoms with Crippen molar-refractivity contribution in [2.24, 2.45) is 0 Å². The molecule has 0 unspecified atom stereocenters. The van der Waals surface area contributed by atoms with Gasteiger partial charge in [0.2, 0.25) is 0 Å². The minimum Gasteiger partial charge on any atom is -0.507 e. The van der Waals surface area contributed by atoms with Gasteiger partial charge in [-0.3, -0.25) is 0 Å². The van der Waals surface area contributed by atoms with Gasteiger partial charge >= 0.3 is 53.6 Å². The number of aromatic carboxylic acids is 1. The zero-order valence-corrected chi connectivity index (χ0v) is 16.9. The minimum atomic E-state index is -8.71. The van der Waals surface area contributed by atoms with Crippen LogP contribution in [-0.2, 0) is 6.42 Å². The number of phenols is 1. The third-order valence-electron chi connectivity index (χ3n) is 4.85. The van der Waals surface area contributed by atoms with E-state index in [1.807, 2.05) is 0 Å². The Kier molecular flexibility index (Phi) is 7.82. The van der Waals surface area contributed by atoms with Gasteiger partial charge in [-0.05, 0) is 18.1 Å². The third kappa shape index (κ3) is 4.59. The van der Waals surface area contributed by atoms with Crippen molar-refractivity contribution < 1.29 is 89.6 Å². The Morgan fingerprint density at radius 3 is 1.38 bits per heavy atom. The van der Waals surface area contributed by atoms with Gasteiger partial charge in [-0.25, -0.2) is 4.79 Å². The van der Waals surface area contributed by atoms with Gasteiger partial charge < -0.3 is 10.2 Å². The molecule has 0 atom stereocenters. The number of alkyl halides is 17. The van der Waals surface area contributed by atoms with E-state index in [0.717, 1.165) is 0 Å². The second-order valence-electron chi connectivity index (χ2n) is 7.27. The lowest BCUT2D eigenvalue weighted by molar-refractivity contribution is -0.461. The largest absolute Gasteiger partial charge is 0.507 e. The van der Waals surface area contributed by atoms with Crippen LogP contribution in [0.15, 0.2) is 18.2 Å². The number of para-hydroxylation sites is 1. The van der Waals surface area contributed by atoms with E-state index in [2.05, 4.69) is 0 Å². The van der Waals surface area contributed by atoms with Gasteiger partial charge in [-0.1, -0.05) is 12.1 Å². The van der Waals surface area contributed by atoms with Crippen molar-refractivity contribution in [3.63, 3.8) is 0 Å². The predicted molar refractivity (Wildman–Crippen MR) is 84.1 cm³/mol. The van der Waals surface area contributed by atoms with E-state index in [-0.39, 0.29) is 0 Å². The predicted octanol–water partition coefficient (Wildman–Crippen LogP) is 7.03. The van der Waals surface area contributed by atoms with Crippen LogP contribution in [-0.4, -0.2) is 63.8 Å². The molecule has 0 aliphatic heterocycles. The average Bonchev–Trinajstić information content (AvgIpc) is 2.71. The van der Waals surface area contributed by atoms with Crippen molar-refractivity contribution >= 4 is 5.97 Å². The summed E-state index contributed by atoms with van der Waals surface area (Å²) in [7, 11) is 0. The normalized spacial score (nSPS) is 15.2. The fourth-order valence-corrected chi connectivity index (χ4v) is 2.61. The Balaban J connectivity index is 3.51. The Morgan fingerprint density at radius 2 is 1.00 bits per heavy atom. The Bertz CT molecular complexity index is 1010. The van der Waals surface area contributed by atoms with Crippen LogP contribution in [0.1, 0.15) is 22.3 Å². The summed E-state index contributed by atoms with van der Waals surface area (Å²) in [5, 5.41) is 18.3. The van der Waals surface area contributed by atoms with Crippen molar-refractivity contribution in [1.29, 1.82) is 0 Å². The molecule has 0 bridgehead atoms. The Hall–Kier alpha value is -2.70. The summed E-state index contributed by atoms with van der Waals surface area (Å²) in [4.78, 5) is 10.8. The van der Waals surface area contributed by atoms with Gasteiger partial charge in [0, 0.05) is 6.42 Å². The topological polar surface area (TPSA) is 57.5 Å². The molecule has 0 amide bonds. The molecule has 214 valence electrons. The lowest BCUT2D eigenvalue weighted by Gasteiger charge is -2.42. The molecular formula is C17H9F17O3. The summed E-state index contributed by atoms with van der Waals surface area (Å²) in [6.45, 7) is 0. The molecule has 0 saturated carbocycles. The first kappa shape index (κ1) is 32.3. The van der Waals surface area contributed by atoms with Crippen molar-refractivity contribution in [3.05, 3.63) is 29.3 Å². The highest BCUT2D eigenvalue weighted by Gasteiger charge is 2.95. The van der Waals surface area contributed by atoms with Gasteiger partial charge in [0.25, 0.3) is 0 Å². The second kappa shape index (κ2) is 8.95. The van der Waals surface area contributed by atoms with Crippen LogP contribution in [0.4, 0.5) is 74.6 Å². The zero-order chi connectivity index (χ0) is 29.8. The molecule has 2 N–H and O–H groups in total. The van der Waals surface area contributed by atoms with E-state index in [4.69, 9.17) is 5.11 Å². The van der Waals surface area contributed by atoms with Gasteiger partial charge in [0.1, 0.15) is 11.3 Å². The van der Waals surface area contributed by atoms with Gasteiger partial charge in [-0.2, -0.15) is 74.6 Å². The summed E-state index contributed by atoms with van der Waals surface area (Å²) in [6.07, 6.45) is -12.4. The van der Waals surface area contributed by atoms with E-state index in [9.17, 15) is 84.5 Å². The second-order valence-corrected chi connectivity index (χ2v) is 7.27. The average molecular weight is 584 g/mol. The number of hydrogen-bond donors (Lipinski definition) is 2. The lowest BCUT2D eigenvalue weighted by atomic mass is 9.87. The minimum absolute atomic E-state index is 0.524. The SMILES string of the molecule is O=C(O)c1cccc(CCC(F)(F)C(F)(F)C(F)(F)C(F)(F)C(F)(F)C(F)(F)C(F)(F)C(F)(F)F)c1O. The van der Waals surface area contributed by atoms with E-state index in [0.29, 0.717) is 18.2 Å². The molecule has 0 spiro atoms. The molecule has 3 nitrogen and oxygen atoms in total. The fraction of sp³-hybridized carbons (Fsp3) is 0.588. The number of halogens is 17. The Morgan fingerprint density at radius 1 is 0.622 bits per heavy atom. The summed E-state index contributed by atoms with van der Waals surface area (Å²) in [6, 6.07) is 1.82. The third-order valence-corrected chi connectivity index (χ3v) is 4.85. The van der Waals surface area contributed by atoms with E-state index in [1.54, 1.807) is 0 Å². The van der Waals surface area contributed by atoms with Crippen molar-refractivity contribution in [2.45, 2.75) is 60.5 Å².